The number of hydrogen-bond acceptors (Lipinski definition) is 5. The molecule has 0 aliphatic carbocycles. The van der Waals surface area contributed by atoms with E-state index in [9.17, 15) is 4.79 Å². The van der Waals surface area contributed by atoms with Crippen molar-refractivity contribution in [1.82, 2.24) is 20.0 Å². The lowest BCUT2D eigenvalue weighted by Gasteiger charge is -2.33. The number of nitrogens with two attached hydrogens (primary N) is 1. The van der Waals surface area contributed by atoms with Gasteiger partial charge in [-0.1, -0.05) is 6.92 Å². The second-order valence-corrected chi connectivity index (χ2v) is 4.07. The van der Waals surface area contributed by atoms with Gasteiger partial charge in [0.25, 0.3) is 5.91 Å². The maximum atomic E-state index is 12.1. The SMILES string of the molecule is CCN1CCN(C(=O)c2ccc(N)nn2)CC1. The van der Waals surface area contributed by atoms with Crippen LogP contribution in [0.25, 0.3) is 0 Å². The first-order chi connectivity index (χ1) is 8.20. The summed E-state index contributed by atoms with van der Waals surface area (Å²) < 4.78 is 0. The van der Waals surface area contributed by atoms with Crippen LogP contribution in [0.5, 0.6) is 0 Å². The fourth-order valence-corrected chi connectivity index (χ4v) is 1.89. The van der Waals surface area contributed by atoms with Crippen LogP contribution < -0.4 is 5.73 Å². The Kier molecular flexibility index (Phi) is 3.53. The average molecular weight is 235 g/mol. The van der Waals surface area contributed by atoms with E-state index in [2.05, 4.69) is 22.0 Å². The van der Waals surface area contributed by atoms with Gasteiger partial charge in [0, 0.05) is 26.2 Å². The molecular weight excluding hydrogens is 218 g/mol. The third-order valence-electron chi connectivity index (χ3n) is 3.01. The predicted octanol–water partition coefficient (Wildman–Crippen LogP) is -0.163. The minimum Gasteiger partial charge on any atom is -0.382 e. The molecular formula is C11H17N5O. The van der Waals surface area contributed by atoms with Crippen molar-refractivity contribution in [3.05, 3.63) is 17.8 Å². The second kappa shape index (κ2) is 5.09. The van der Waals surface area contributed by atoms with Gasteiger partial charge in [0.05, 0.1) is 0 Å². The number of rotatable bonds is 2. The zero-order chi connectivity index (χ0) is 12.3. The molecule has 92 valence electrons. The van der Waals surface area contributed by atoms with Crippen molar-refractivity contribution in [2.75, 3.05) is 38.5 Å². The molecule has 0 atom stereocenters. The van der Waals surface area contributed by atoms with Crippen molar-refractivity contribution in [1.29, 1.82) is 0 Å². The number of nitrogen functional groups attached to an aromatic ring is 1. The summed E-state index contributed by atoms with van der Waals surface area (Å²) >= 11 is 0. The Morgan fingerprint density at radius 2 is 2.00 bits per heavy atom. The molecule has 1 fully saturated rings. The molecule has 1 aliphatic rings. The molecule has 2 N–H and O–H groups in total. The Labute approximate surface area is 100 Å². The molecule has 0 aromatic carbocycles. The molecule has 1 saturated heterocycles. The number of carbonyl (C=O) groups is 1. The maximum Gasteiger partial charge on any atom is 0.274 e. The molecule has 6 heteroatoms. The van der Waals surface area contributed by atoms with E-state index in [1.807, 2.05) is 4.90 Å². The van der Waals surface area contributed by atoms with E-state index < -0.39 is 0 Å². The summed E-state index contributed by atoms with van der Waals surface area (Å²) in [4.78, 5) is 16.2. The number of anilines is 1. The quantitative estimate of drug-likeness (QED) is 0.770. The van der Waals surface area contributed by atoms with E-state index in [4.69, 9.17) is 5.73 Å². The number of aromatic nitrogens is 2. The normalized spacial score (nSPS) is 17.1. The first kappa shape index (κ1) is 11.8. The van der Waals surface area contributed by atoms with E-state index in [0.29, 0.717) is 11.5 Å². The van der Waals surface area contributed by atoms with Crippen LogP contribution in [0.3, 0.4) is 0 Å². The number of nitrogens with zero attached hydrogens (tertiary/aromatic N) is 4. The van der Waals surface area contributed by atoms with Gasteiger partial charge in [-0.05, 0) is 18.7 Å². The number of hydrogen-bond donors (Lipinski definition) is 1. The first-order valence-corrected chi connectivity index (χ1v) is 5.81. The van der Waals surface area contributed by atoms with Crippen molar-refractivity contribution in [2.24, 2.45) is 0 Å². The molecule has 1 aromatic heterocycles. The largest absolute Gasteiger partial charge is 0.382 e. The third kappa shape index (κ3) is 2.71. The summed E-state index contributed by atoms with van der Waals surface area (Å²) in [5.74, 6) is 0.269. The van der Waals surface area contributed by atoms with E-state index in [0.717, 1.165) is 32.7 Å². The van der Waals surface area contributed by atoms with E-state index in [-0.39, 0.29) is 5.91 Å². The van der Waals surface area contributed by atoms with Crippen LogP contribution in [0.1, 0.15) is 17.4 Å². The summed E-state index contributed by atoms with van der Waals surface area (Å²) in [6.07, 6.45) is 0. The second-order valence-electron chi connectivity index (χ2n) is 4.07. The topological polar surface area (TPSA) is 75.3 Å². The van der Waals surface area contributed by atoms with Gasteiger partial charge in [-0.3, -0.25) is 4.79 Å². The van der Waals surface area contributed by atoms with Crippen LogP contribution in [0.4, 0.5) is 5.82 Å². The number of piperazine rings is 1. The average Bonchev–Trinajstić information content (AvgIpc) is 2.39. The molecule has 2 rings (SSSR count). The summed E-state index contributed by atoms with van der Waals surface area (Å²) in [5, 5.41) is 7.51. The molecule has 0 saturated carbocycles. The van der Waals surface area contributed by atoms with Crippen molar-refractivity contribution in [3.63, 3.8) is 0 Å². The number of carbonyl (C=O) groups excluding carboxylic acids is 1. The van der Waals surface area contributed by atoms with Crippen molar-refractivity contribution in [3.8, 4) is 0 Å². The molecule has 1 amide bonds. The summed E-state index contributed by atoms with van der Waals surface area (Å²) in [5.41, 5.74) is 5.80. The van der Waals surface area contributed by atoms with E-state index in [1.54, 1.807) is 12.1 Å². The van der Waals surface area contributed by atoms with Gasteiger partial charge in [-0.2, -0.15) is 0 Å². The van der Waals surface area contributed by atoms with Crippen LogP contribution in [0.2, 0.25) is 0 Å². The van der Waals surface area contributed by atoms with Gasteiger partial charge >= 0.3 is 0 Å². The lowest BCUT2D eigenvalue weighted by molar-refractivity contribution is 0.0636. The summed E-state index contributed by atoms with van der Waals surface area (Å²) in [6.45, 7) is 6.50. The molecule has 0 spiro atoms. The van der Waals surface area contributed by atoms with Crippen LogP contribution in [-0.2, 0) is 0 Å². The predicted molar refractivity (Wildman–Crippen MR) is 64.5 cm³/mol. The minimum atomic E-state index is -0.0618. The van der Waals surface area contributed by atoms with E-state index >= 15 is 0 Å². The fraction of sp³-hybridized carbons (Fsp3) is 0.545. The maximum absolute atomic E-state index is 12.1. The van der Waals surface area contributed by atoms with Crippen molar-refractivity contribution >= 4 is 11.7 Å². The fourth-order valence-electron chi connectivity index (χ4n) is 1.89. The Balaban J connectivity index is 1.99. The molecule has 6 nitrogen and oxygen atoms in total. The highest BCUT2D eigenvalue weighted by molar-refractivity contribution is 5.92. The standard InChI is InChI=1S/C11H17N5O/c1-2-15-5-7-16(8-6-15)11(17)9-3-4-10(12)14-13-9/h3-4H,2,5-8H2,1H3,(H2,12,14). The van der Waals surface area contributed by atoms with Gasteiger partial charge in [0.2, 0.25) is 0 Å². The van der Waals surface area contributed by atoms with Gasteiger partial charge in [-0.15, -0.1) is 10.2 Å². The third-order valence-corrected chi connectivity index (χ3v) is 3.01. The molecule has 0 radical (unpaired) electrons. The van der Waals surface area contributed by atoms with Crippen LogP contribution in [0, 0.1) is 0 Å². The van der Waals surface area contributed by atoms with Crippen LogP contribution in [0.15, 0.2) is 12.1 Å². The van der Waals surface area contributed by atoms with Crippen LogP contribution in [-0.4, -0.2) is 58.6 Å². The molecule has 2 heterocycles. The highest BCUT2D eigenvalue weighted by Crippen LogP contribution is 2.07. The van der Waals surface area contributed by atoms with Crippen LogP contribution >= 0.6 is 0 Å². The highest BCUT2D eigenvalue weighted by atomic mass is 16.2. The van der Waals surface area contributed by atoms with E-state index in [1.165, 1.54) is 0 Å². The molecule has 0 unspecified atom stereocenters. The molecule has 17 heavy (non-hydrogen) atoms. The molecule has 1 aliphatic heterocycles. The Hall–Kier alpha value is -1.69. The van der Waals surface area contributed by atoms with Gasteiger partial charge in [-0.25, -0.2) is 0 Å². The number of amides is 1. The Bertz CT molecular complexity index is 383. The lowest BCUT2D eigenvalue weighted by atomic mass is 10.2. The lowest BCUT2D eigenvalue weighted by Crippen LogP contribution is -2.48. The monoisotopic (exact) mass is 235 g/mol. The molecule has 0 bridgehead atoms. The Morgan fingerprint density at radius 1 is 1.29 bits per heavy atom. The zero-order valence-corrected chi connectivity index (χ0v) is 9.96. The summed E-state index contributed by atoms with van der Waals surface area (Å²) in [7, 11) is 0. The van der Waals surface area contributed by atoms with Gasteiger partial charge in [0.1, 0.15) is 5.82 Å². The minimum absolute atomic E-state index is 0.0618. The zero-order valence-electron chi connectivity index (χ0n) is 9.96. The summed E-state index contributed by atoms with van der Waals surface area (Å²) in [6, 6.07) is 3.22. The van der Waals surface area contributed by atoms with Gasteiger partial charge < -0.3 is 15.5 Å². The number of likely N-dealkylation sites (N-methyl/N-ethyl adjacent to an activating group) is 1. The van der Waals surface area contributed by atoms with Crippen molar-refractivity contribution < 1.29 is 4.79 Å². The smallest absolute Gasteiger partial charge is 0.274 e. The highest BCUT2D eigenvalue weighted by Gasteiger charge is 2.22. The Morgan fingerprint density at radius 3 is 2.53 bits per heavy atom. The van der Waals surface area contributed by atoms with Gasteiger partial charge in [0.15, 0.2) is 5.69 Å². The first-order valence-electron chi connectivity index (χ1n) is 5.81. The van der Waals surface area contributed by atoms with Crippen molar-refractivity contribution in [2.45, 2.75) is 6.92 Å². The molecule has 1 aromatic rings.